The number of hydrogen-bond donors (Lipinski definition) is 2. The summed E-state index contributed by atoms with van der Waals surface area (Å²) in [4.78, 5) is 15.1. The van der Waals surface area contributed by atoms with Crippen LogP contribution in [0.25, 0.3) is 10.9 Å². The second-order valence-electron chi connectivity index (χ2n) is 5.35. The van der Waals surface area contributed by atoms with Crippen molar-refractivity contribution in [3.8, 4) is 0 Å². The molecule has 2 heterocycles. The third kappa shape index (κ3) is 3.22. The van der Waals surface area contributed by atoms with E-state index in [1.165, 1.54) is 0 Å². The van der Waals surface area contributed by atoms with E-state index >= 15 is 0 Å². The Labute approximate surface area is 127 Å². The largest absolute Gasteiger partial charge is 0.361 e. The lowest BCUT2D eigenvalue weighted by atomic mass is 10.1. The number of amides is 1. The van der Waals surface area contributed by atoms with E-state index < -0.39 is 9.84 Å². The van der Waals surface area contributed by atoms with Crippen LogP contribution in [0.3, 0.4) is 0 Å². The fraction of sp³-hybridized carbons (Fsp3) is 0.357. The van der Waals surface area contributed by atoms with Gasteiger partial charge in [-0.3, -0.25) is 4.79 Å². The molecule has 1 unspecified atom stereocenters. The smallest absolute Gasteiger partial charge is 0.224 e. The molecule has 1 amide bonds. The van der Waals surface area contributed by atoms with Crippen molar-refractivity contribution in [3.05, 3.63) is 35.0 Å². The van der Waals surface area contributed by atoms with E-state index in [2.05, 4.69) is 10.3 Å². The van der Waals surface area contributed by atoms with E-state index in [-0.39, 0.29) is 29.9 Å². The molecular weight excluding hydrogens is 312 g/mol. The van der Waals surface area contributed by atoms with E-state index in [1.807, 2.05) is 12.1 Å². The highest BCUT2D eigenvalue weighted by Gasteiger charge is 2.28. The number of halogens is 1. The fourth-order valence-corrected chi connectivity index (χ4v) is 4.51. The molecule has 0 saturated carbocycles. The third-order valence-electron chi connectivity index (χ3n) is 3.68. The molecule has 112 valence electrons. The summed E-state index contributed by atoms with van der Waals surface area (Å²) in [6.45, 7) is 0. The Morgan fingerprint density at radius 2 is 2.24 bits per heavy atom. The number of H-pyrrole nitrogens is 1. The van der Waals surface area contributed by atoms with Gasteiger partial charge in [0.1, 0.15) is 0 Å². The highest BCUT2D eigenvalue weighted by atomic mass is 35.5. The zero-order chi connectivity index (χ0) is 15.0. The van der Waals surface area contributed by atoms with Crippen molar-refractivity contribution in [2.45, 2.75) is 18.9 Å². The average molecular weight is 327 g/mol. The molecule has 1 atom stereocenters. The molecule has 21 heavy (non-hydrogen) atoms. The minimum Gasteiger partial charge on any atom is -0.361 e. The Hall–Kier alpha value is -1.53. The molecule has 1 fully saturated rings. The Morgan fingerprint density at radius 3 is 2.95 bits per heavy atom. The first kappa shape index (κ1) is 14.4. The molecule has 2 N–H and O–H groups in total. The first-order chi connectivity index (χ1) is 9.93. The predicted molar refractivity (Wildman–Crippen MR) is 82.2 cm³/mol. The maximum absolute atomic E-state index is 12.0. The topological polar surface area (TPSA) is 79.0 Å². The first-order valence-corrected chi connectivity index (χ1v) is 8.88. The van der Waals surface area contributed by atoms with Crippen LogP contribution >= 0.6 is 11.6 Å². The maximum atomic E-state index is 12.0. The van der Waals surface area contributed by atoms with Crippen LogP contribution in [-0.4, -0.2) is 36.9 Å². The van der Waals surface area contributed by atoms with Crippen molar-refractivity contribution in [1.82, 2.24) is 10.3 Å². The summed E-state index contributed by atoms with van der Waals surface area (Å²) in [7, 11) is -2.98. The van der Waals surface area contributed by atoms with Gasteiger partial charge in [-0.15, -0.1) is 0 Å². The molecule has 1 saturated heterocycles. The van der Waals surface area contributed by atoms with Gasteiger partial charge in [-0.2, -0.15) is 0 Å². The lowest BCUT2D eigenvalue weighted by Gasteiger charge is -2.10. The van der Waals surface area contributed by atoms with Crippen LogP contribution in [0.4, 0.5) is 0 Å². The molecule has 0 radical (unpaired) electrons. The van der Waals surface area contributed by atoms with E-state index in [0.29, 0.717) is 11.4 Å². The van der Waals surface area contributed by atoms with Crippen LogP contribution in [0, 0.1) is 0 Å². The van der Waals surface area contributed by atoms with Crippen LogP contribution in [0.15, 0.2) is 24.4 Å². The van der Waals surface area contributed by atoms with E-state index in [0.717, 1.165) is 16.5 Å². The number of carbonyl (C=O) groups excluding carboxylic acids is 1. The highest BCUT2D eigenvalue weighted by Crippen LogP contribution is 2.22. The number of benzene rings is 1. The standard InChI is InChI=1S/C14H15ClN2O3S/c15-10-1-2-12-9(7-16-13(12)6-10)5-14(18)17-11-3-4-21(19,20)8-11/h1-2,6-7,11,16H,3-5,8H2,(H,17,18). The lowest BCUT2D eigenvalue weighted by molar-refractivity contribution is -0.120. The van der Waals surface area contributed by atoms with Gasteiger partial charge in [0, 0.05) is 28.2 Å². The highest BCUT2D eigenvalue weighted by molar-refractivity contribution is 7.91. The normalized spacial score (nSPS) is 20.7. The second-order valence-corrected chi connectivity index (χ2v) is 8.01. The van der Waals surface area contributed by atoms with Gasteiger partial charge in [-0.05, 0) is 24.1 Å². The quantitative estimate of drug-likeness (QED) is 0.900. The molecule has 1 aromatic heterocycles. The number of nitrogens with one attached hydrogen (secondary N) is 2. The molecule has 1 aliphatic rings. The van der Waals surface area contributed by atoms with Crippen molar-refractivity contribution in [1.29, 1.82) is 0 Å². The van der Waals surface area contributed by atoms with Crippen molar-refractivity contribution >= 4 is 38.2 Å². The van der Waals surface area contributed by atoms with Crippen LogP contribution in [0.5, 0.6) is 0 Å². The molecule has 3 rings (SSSR count). The number of rotatable bonds is 3. The van der Waals surface area contributed by atoms with Gasteiger partial charge < -0.3 is 10.3 Å². The van der Waals surface area contributed by atoms with Crippen molar-refractivity contribution in [3.63, 3.8) is 0 Å². The molecule has 7 heteroatoms. The first-order valence-electron chi connectivity index (χ1n) is 6.68. The van der Waals surface area contributed by atoms with Gasteiger partial charge in [0.2, 0.25) is 5.91 Å². The molecule has 1 aliphatic heterocycles. The van der Waals surface area contributed by atoms with Crippen molar-refractivity contribution < 1.29 is 13.2 Å². The Balaban J connectivity index is 1.69. The Kier molecular flexibility index (Phi) is 3.67. The van der Waals surface area contributed by atoms with Gasteiger partial charge in [0.25, 0.3) is 0 Å². The molecule has 0 spiro atoms. The third-order valence-corrected chi connectivity index (χ3v) is 5.68. The van der Waals surface area contributed by atoms with Gasteiger partial charge in [-0.1, -0.05) is 17.7 Å². The number of carbonyl (C=O) groups is 1. The summed E-state index contributed by atoms with van der Waals surface area (Å²) in [5.41, 5.74) is 1.76. The summed E-state index contributed by atoms with van der Waals surface area (Å²) in [5.74, 6) is 0.0409. The van der Waals surface area contributed by atoms with E-state index in [1.54, 1.807) is 12.3 Å². The van der Waals surface area contributed by atoms with Crippen LogP contribution < -0.4 is 5.32 Å². The van der Waals surface area contributed by atoms with Crippen LogP contribution in [0.2, 0.25) is 5.02 Å². The minimum absolute atomic E-state index is 0.0439. The van der Waals surface area contributed by atoms with E-state index in [4.69, 9.17) is 11.6 Å². The monoisotopic (exact) mass is 326 g/mol. The number of aromatic nitrogens is 1. The number of fused-ring (bicyclic) bond motifs is 1. The second kappa shape index (κ2) is 5.35. The SMILES string of the molecule is O=C(Cc1c[nH]c2cc(Cl)ccc12)NC1CCS(=O)(=O)C1. The van der Waals surface area contributed by atoms with Gasteiger partial charge in [0.15, 0.2) is 9.84 Å². The minimum atomic E-state index is -2.98. The summed E-state index contributed by atoms with van der Waals surface area (Å²) < 4.78 is 22.8. The maximum Gasteiger partial charge on any atom is 0.224 e. The summed E-state index contributed by atoms with van der Waals surface area (Å²) >= 11 is 5.92. The number of hydrogen-bond acceptors (Lipinski definition) is 3. The number of sulfone groups is 1. The molecule has 2 aromatic rings. The van der Waals surface area contributed by atoms with Gasteiger partial charge in [0.05, 0.1) is 17.9 Å². The molecule has 5 nitrogen and oxygen atoms in total. The molecule has 0 bridgehead atoms. The zero-order valence-corrected chi connectivity index (χ0v) is 12.8. The summed E-state index contributed by atoms with van der Waals surface area (Å²) in [6.07, 6.45) is 2.50. The summed E-state index contributed by atoms with van der Waals surface area (Å²) in [6, 6.07) is 5.20. The van der Waals surface area contributed by atoms with Crippen molar-refractivity contribution in [2.24, 2.45) is 0 Å². The Morgan fingerprint density at radius 1 is 1.43 bits per heavy atom. The molecular formula is C14H15ClN2O3S. The van der Waals surface area contributed by atoms with Gasteiger partial charge >= 0.3 is 0 Å². The zero-order valence-electron chi connectivity index (χ0n) is 11.2. The Bertz CT molecular complexity index is 798. The lowest BCUT2D eigenvalue weighted by Crippen LogP contribution is -2.36. The number of aromatic amines is 1. The predicted octanol–water partition coefficient (Wildman–Crippen LogP) is 1.67. The van der Waals surface area contributed by atoms with Crippen LogP contribution in [-0.2, 0) is 21.1 Å². The summed E-state index contributed by atoms with van der Waals surface area (Å²) in [5, 5.41) is 4.38. The van der Waals surface area contributed by atoms with Gasteiger partial charge in [-0.25, -0.2) is 8.42 Å². The molecule has 1 aromatic carbocycles. The molecule has 0 aliphatic carbocycles. The van der Waals surface area contributed by atoms with Crippen LogP contribution in [0.1, 0.15) is 12.0 Å². The average Bonchev–Trinajstić information content (AvgIpc) is 2.93. The fourth-order valence-electron chi connectivity index (χ4n) is 2.67. The van der Waals surface area contributed by atoms with E-state index in [9.17, 15) is 13.2 Å². The van der Waals surface area contributed by atoms with Crippen molar-refractivity contribution in [2.75, 3.05) is 11.5 Å².